The highest BCUT2D eigenvalue weighted by atomic mass is 79.9. The van der Waals surface area contributed by atoms with E-state index in [0.717, 1.165) is 41.5 Å². The molecule has 1 aromatic rings. The van der Waals surface area contributed by atoms with Crippen molar-refractivity contribution in [1.29, 1.82) is 0 Å². The summed E-state index contributed by atoms with van der Waals surface area (Å²) in [6.45, 7) is 2.26. The van der Waals surface area contributed by atoms with Gasteiger partial charge in [-0.3, -0.25) is 0 Å². The van der Waals surface area contributed by atoms with Gasteiger partial charge in [0, 0.05) is 17.1 Å². The summed E-state index contributed by atoms with van der Waals surface area (Å²) in [5, 5.41) is 10.7. The Kier molecular flexibility index (Phi) is 4.30. The summed E-state index contributed by atoms with van der Waals surface area (Å²) in [5.74, 6) is 0.780. The molecule has 3 nitrogen and oxygen atoms in total. The fourth-order valence-electron chi connectivity index (χ4n) is 2.61. The van der Waals surface area contributed by atoms with Gasteiger partial charge in [0.2, 0.25) is 0 Å². The zero-order valence-electron chi connectivity index (χ0n) is 10.8. The molecule has 4 heteroatoms. The maximum absolute atomic E-state index is 10.7. The summed E-state index contributed by atoms with van der Waals surface area (Å²) in [7, 11) is 1.60. The molecule has 1 unspecified atom stereocenters. The molecule has 0 heterocycles. The average Bonchev–Trinajstić information content (AvgIpc) is 2.36. The second-order valence-electron chi connectivity index (χ2n) is 4.73. The van der Waals surface area contributed by atoms with Gasteiger partial charge in [-0.15, -0.1) is 0 Å². The van der Waals surface area contributed by atoms with Crippen LogP contribution in [0.4, 0.5) is 0 Å². The van der Waals surface area contributed by atoms with Crippen LogP contribution >= 0.6 is 15.9 Å². The Morgan fingerprint density at radius 2 is 2.22 bits per heavy atom. The van der Waals surface area contributed by atoms with Gasteiger partial charge in [-0.25, -0.2) is 0 Å². The quantitative estimate of drug-likeness (QED) is 0.866. The Morgan fingerprint density at radius 1 is 1.44 bits per heavy atom. The monoisotopic (exact) mass is 314 g/mol. The third-order valence-corrected chi connectivity index (χ3v) is 4.20. The molecule has 0 amide bonds. The SMILES string of the molecule is CCC1(O)CCCc2cc(OCOC)cc(Br)c21. The van der Waals surface area contributed by atoms with Crippen LogP contribution in [-0.4, -0.2) is 19.0 Å². The van der Waals surface area contributed by atoms with Crippen molar-refractivity contribution < 1.29 is 14.6 Å². The molecule has 0 saturated carbocycles. The zero-order valence-corrected chi connectivity index (χ0v) is 12.4. The number of hydrogen-bond donors (Lipinski definition) is 1. The third-order valence-electron chi connectivity index (χ3n) is 3.58. The predicted molar refractivity (Wildman–Crippen MR) is 73.8 cm³/mol. The topological polar surface area (TPSA) is 38.7 Å². The Morgan fingerprint density at radius 3 is 2.89 bits per heavy atom. The first kappa shape index (κ1) is 13.8. The number of benzene rings is 1. The Bertz CT molecular complexity index is 433. The van der Waals surface area contributed by atoms with Crippen LogP contribution in [0.25, 0.3) is 0 Å². The van der Waals surface area contributed by atoms with Gasteiger partial charge in [0.1, 0.15) is 5.75 Å². The number of hydrogen-bond acceptors (Lipinski definition) is 3. The second kappa shape index (κ2) is 5.59. The van der Waals surface area contributed by atoms with Crippen LogP contribution in [0.15, 0.2) is 16.6 Å². The highest BCUT2D eigenvalue weighted by molar-refractivity contribution is 9.10. The van der Waals surface area contributed by atoms with E-state index in [9.17, 15) is 5.11 Å². The van der Waals surface area contributed by atoms with E-state index in [1.54, 1.807) is 7.11 Å². The number of fused-ring (bicyclic) bond motifs is 1. The maximum atomic E-state index is 10.7. The molecular weight excluding hydrogens is 296 g/mol. The van der Waals surface area contributed by atoms with Gasteiger partial charge in [0.25, 0.3) is 0 Å². The van der Waals surface area contributed by atoms with E-state index < -0.39 is 5.60 Å². The van der Waals surface area contributed by atoms with Crippen LogP contribution in [0.3, 0.4) is 0 Å². The van der Waals surface area contributed by atoms with Crippen molar-refractivity contribution in [2.24, 2.45) is 0 Å². The van der Waals surface area contributed by atoms with E-state index in [4.69, 9.17) is 9.47 Å². The molecule has 1 N–H and O–H groups in total. The van der Waals surface area contributed by atoms with Gasteiger partial charge in [0.05, 0.1) is 5.60 Å². The van der Waals surface area contributed by atoms with E-state index in [2.05, 4.69) is 15.9 Å². The summed E-state index contributed by atoms with van der Waals surface area (Å²) in [6.07, 6.45) is 3.56. The van der Waals surface area contributed by atoms with Crippen LogP contribution in [0.2, 0.25) is 0 Å². The largest absolute Gasteiger partial charge is 0.468 e. The van der Waals surface area contributed by atoms with Crippen molar-refractivity contribution in [3.8, 4) is 5.75 Å². The second-order valence-corrected chi connectivity index (χ2v) is 5.58. The van der Waals surface area contributed by atoms with E-state index in [-0.39, 0.29) is 6.79 Å². The summed E-state index contributed by atoms with van der Waals surface area (Å²) in [5.41, 5.74) is 1.50. The number of halogens is 1. The molecule has 0 fully saturated rings. The van der Waals surface area contributed by atoms with Crippen LogP contribution in [0.5, 0.6) is 5.75 Å². The molecule has 100 valence electrons. The molecular formula is C14H19BrO3. The molecule has 0 radical (unpaired) electrons. The van der Waals surface area contributed by atoms with Crippen molar-refractivity contribution in [3.05, 3.63) is 27.7 Å². The summed E-state index contributed by atoms with van der Waals surface area (Å²) < 4.78 is 11.3. The first-order valence-electron chi connectivity index (χ1n) is 6.27. The number of aliphatic hydroxyl groups is 1. The first-order chi connectivity index (χ1) is 8.60. The van der Waals surface area contributed by atoms with Crippen LogP contribution in [-0.2, 0) is 16.8 Å². The fourth-order valence-corrected chi connectivity index (χ4v) is 3.46. The first-order valence-corrected chi connectivity index (χ1v) is 7.07. The van der Waals surface area contributed by atoms with E-state index >= 15 is 0 Å². The summed E-state index contributed by atoms with van der Waals surface area (Å²) in [4.78, 5) is 0. The van der Waals surface area contributed by atoms with E-state index in [1.165, 1.54) is 5.56 Å². The van der Waals surface area contributed by atoms with Crippen molar-refractivity contribution in [3.63, 3.8) is 0 Å². The fraction of sp³-hybridized carbons (Fsp3) is 0.571. The predicted octanol–water partition coefficient (Wildman–Crippen LogP) is 3.37. The Balaban J connectivity index is 2.39. The van der Waals surface area contributed by atoms with Gasteiger partial charge in [-0.05, 0) is 43.4 Å². The third kappa shape index (κ3) is 2.56. The molecule has 1 atom stereocenters. The average molecular weight is 315 g/mol. The molecule has 0 spiro atoms. The Hall–Kier alpha value is -0.580. The molecule has 18 heavy (non-hydrogen) atoms. The van der Waals surface area contributed by atoms with Gasteiger partial charge in [-0.1, -0.05) is 22.9 Å². The maximum Gasteiger partial charge on any atom is 0.188 e. The molecule has 1 aliphatic carbocycles. The number of ether oxygens (including phenoxy) is 2. The smallest absolute Gasteiger partial charge is 0.188 e. The number of methoxy groups -OCH3 is 1. The van der Waals surface area contributed by atoms with E-state index in [1.807, 2.05) is 19.1 Å². The molecule has 0 aromatic heterocycles. The summed E-state index contributed by atoms with van der Waals surface area (Å²) >= 11 is 3.56. The molecule has 1 aromatic carbocycles. The van der Waals surface area contributed by atoms with E-state index in [0.29, 0.717) is 0 Å². The molecule has 1 aliphatic rings. The lowest BCUT2D eigenvalue weighted by Gasteiger charge is -2.35. The van der Waals surface area contributed by atoms with Gasteiger partial charge >= 0.3 is 0 Å². The van der Waals surface area contributed by atoms with Crippen molar-refractivity contribution in [1.82, 2.24) is 0 Å². The lowest BCUT2D eigenvalue weighted by molar-refractivity contribution is 0.0137. The standard InChI is InChI=1S/C14H19BrO3/c1-3-14(16)6-4-5-10-7-11(18-9-17-2)8-12(15)13(10)14/h7-8,16H,3-6,9H2,1-2H3. The molecule has 0 aliphatic heterocycles. The minimum Gasteiger partial charge on any atom is -0.468 e. The van der Waals surface area contributed by atoms with Crippen molar-refractivity contribution >= 4 is 15.9 Å². The van der Waals surface area contributed by atoms with Crippen LogP contribution < -0.4 is 4.74 Å². The minimum absolute atomic E-state index is 0.239. The highest BCUT2D eigenvalue weighted by Gasteiger charge is 2.34. The summed E-state index contributed by atoms with van der Waals surface area (Å²) in [6, 6.07) is 3.92. The molecule has 0 saturated heterocycles. The minimum atomic E-state index is -0.702. The lowest BCUT2D eigenvalue weighted by atomic mass is 9.77. The van der Waals surface area contributed by atoms with Crippen molar-refractivity contribution in [2.75, 3.05) is 13.9 Å². The highest BCUT2D eigenvalue weighted by Crippen LogP contribution is 2.43. The van der Waals surface area contributed by atoms with Crippen LogP contribution in [0, 0.1) is 0 Å². The van der Waals surface area contributed by atoms with Gasteiger partial charge < -0.3 is 14.6 Å². The Labute approximate surface area is 116 Å². The van der Waals surface area contributed by atoms with Crippen molar-refractivity contribution in [2.45, 2.75) is 38.2 Å². The van der Waals surface area contributed by atoms with Gasteiger partial charge in [0.15, 0.2) is 6.79 Å². The van der Waals surface area contributed by atoms with Gasteiger partial charge in [-0.2, -0.15) is 0 Å². The normalized spacial score (nSPS) is 22.7. The molecule has 2 rings (SSSR count). The number of rotatable bonds is 4. The molecule has 0 bridgehead atoms. The zero-order chi connectivity index (χ0) is 13.2. The van der Waals surface area contributed by atoms with Crippen LogP contribution in [0.1, 0.15) is 37.3 Å². The number of aryl methyl sites for hydroxylation is 1. The lowest BCUT2D eigenvalue weighted by Crippen LogP contribution is -2.30.